The van der Waals surface area contributed by atoms with E-state index in [9.17, 15) is 9.59 Å². The molecule has 2 aromatic rings. The summed E-state index contributed by atoms with van der Waals surface area (Å²) in [6.07, 6.45) is 4.51. The quantitative estimate of drug-likeness (QED) is 0.896. The molecule has 124 valence electrons. The van der Waals surface area contributed by atoms with Gasteiger partial charge in [-0.05, 0) is 56.2 Å². The molecule has 0 radical (unpaired) electrons. The predicted molar refractivity (Wildman–Crippen MR) is 95.3 cm³/mol. The van der Waals surface area contributed by atoms with E-state index in [0.717, 1.165) is 18.4 Å². The SMILES string of the molecule is Cc1cccc(C(=O)Nc2ccc(C(=O)NC3CCCC3)cc2)c1. The van der Waals surface area contributed by atoms with Crippen LogP contribution < -0.4 is 10.6 Å². The van der Waals surface area contributed by atoms with Crippen molar-refractivity contribution in [2.24, 2.45) is 0 Å². The van der Waals surface area contributed by atoms with Crippen molar-refractivity contribution in [2.45, 2.75) is 38.6 Å². The van der Waals surface area contributed by atoms with E-state index in [2.05, 4.69) is 10.6 Å². The summed E-state index contributed by atoms with van der Waals surface area (Å²) in [5.41, 5.74) is 2.97. The summed E-state index contributed by atoms with van der Waals surface area (Å²) < 4.78 is 0. The lowest BCUT2D eigenvalue weighted by atomic mass is 10.1. The molecule has 2 aromatic carbocycles. The zero-order chi connectivity index (χ0) is 16.9. The van der Waals surface area contributed by atoms with Crippen molar-refractivity contribution in [1.82, 2.24) is 5.32 Å². The second-order valence-electron chi connectivity index (χ2n) is 6.36. The highest BCUT2D eigenvalue weighted by Gasteiger charge is 2.17. The van der Waals surface area contributed by atoms with Crippen LogP contribution in [-0.2, 0) is 0 Å². The van der Waals surface area contributed by atoms with Crippen molar-refractivity contribution in [3.05, 3.63) is 65.2 Å². The maximum atomic E-state index is 12.2. The molecule has 3 rings (SSSR count). The Kier molecular flexibility index (Phi) is 4.94. The van der Waals surface area contributed by atoms with Crippen LogP contribution in [0.25, 0.3) is 0 Å². The molecular formula is C20H22N2O2. The number of amides is 2. The number of carbonyl (C=O) groups excluding carboxylic acids is 2. The summed E-state index contributed by atoms with van der Waals surface area (Å²) in [5.74, 6) is -0.194. The molecule has 0 spiro atoms. The van der Waals surface area contributed by atoms with Crippen molar-refractivity contribution in [3.8, 4) is 0 Å². The van der Waals surface area contributed by atoms with Crippen LogP contribution in [0, 0.1) is 6.92 Å². The second kappa shape index (κ2) is 7.30. The first-order valence-electron chi connectivity index (χ1n) is 8.41. The van der Waals surface area contributed by atoms with Crippen LogP contribution in [0.1, 0.15) is 52.0 Å². The average molecular weight is 322 g/mol. The van der Waals surface area contributed by atoms with Gasteiger partial charge in [0.05, 0.1) is 0 Å². The van der Waals surface area contributed by atoms with Gasteiger partial charge in [-0.2, -0.15) is 0 Å². The summed E-state index contributed by atoms with van der Waals surface area (Å²) in [6.45, 7) is 1.95. The van der Waals surface area contributed by atoms with Crippen molar-refractivity contribution in [3.63, 3.8) is 0 Å². The third-order valence-electron chi connectivity index (χ3n) is 4.38. The van der Waals surface area contributed by atoms with Gasteiger partial charge >= 0.3 is 0 Å². The van der Waals surface area contributed by atoms with E-state index in [4.69, 9.17) is 0 Å². The summed E-state index contributed by atoms with van der Waals surface area (Å²) in [6, 6.07) is 14.8. The Balaban J connectivity index is 1.61. The summed E-state index contributed by atoms with van der Waals surface area (Å²) >= 11 is 0. The lowest BCUT2D eigenvalue weighted by Crippen LogP contribution is -2.32. The van der Waals surface area contributed by atoms with Gasteiger partial charge in [-0.15, -0.1) is 0 Å². The van der Waals surface area contributed by atoms with Crippen LogP contribution in [0.5, 0.6) is 0 Å². The Bertz CT molecular complexity index is 732. The van der Waals surface area contributed by atoms with Gasteiger partial charge in [0.15, 0.2) is 0 Å². The first kappa shape index (κ1) is 16.2. The maximum Gasteiger partial charge on any atom is 0.255 e. The van der Waals surface area contributed by atoms with E-state index in [1.807, 2.05) is 25.1 Å². The number of aryl methyl sites for hydroxylation is 1. The molecule has 1 saturated carbocycles. The number of benzene rings is 2. The molecule has 0 aliphatic heterocycles. The van der Waals surface area contributed by atoms with Crippen LogP contribution in [0.15, 0.2) is 48.5 Å². The van der Waals surface area contributed by atoms with Crippen molar-refractivity contribution < 1.29 is 9.59 Å². The minimum Gasteiger partial charge on any atom is -0.349 e. The number of hydrogen-bond donors (Lipinski definition) is 2. The van der Waals surface area contributed by atoms with Gasteiger partial charge in [-0.3, -0.25) is 9.59 Å². The minimum absolute atomic E-state index is 0.0431. The highest BCUT2D eigenvalue weighted by molar-refractivity contribution is 6.04. The zero-order valence-corrected chi connectivity index (χ0v) is 13.8. The molecule has 4 nitrogen and oxygen atoms in total. The van der Waals surface area contributed by atoms with Crippen LogP contribution in [-0.4, -0.2) is 17.9 Å². The first-order chi connectivity index (χ1) is 11.6. The highest BCUT2D eigenvalue weighted by Crippen LogP contribution is 2.18. The monoisotopic (exact) mass is 322 g/mol. The van der Waals surface area contributed by atoms with Gasteiger partial charge in [0.2, 0.25) is 0 Å². The Morgan fingerprint density at radius 3 is 2.29 bits per heavy atom. The predicted octanol–water partition coefficient (Wildman–Crippen LogP) is 3.92. The lowest BCUT2D eigenvalue weighted by molar-refractivity contribution is 0.0937. The number of carbonyl (C=O) groups is 2. The molecule has 1 fully saturated rings. The third-order valence-corrected chi connectivity index (χ3v) is 4.38. The number of hydrogen-bond acceptors (Lipinski definition) is 2. The van der Waals surface area contributed by atoms with E-state index in [-0.39, 0.29) is 11.8 Å². The molecule has 0 aromatic heterocycles. The molecule has 1 aliphatic rings. The van der Waals surface area contributed by atoms with Gasteiger partial charge < -0.3 is 10.6 Å². The van der Waals surface area contributed by atoms with Crippen molar-refractivity contribution >= 4 is 17.5 Å². The van der Waals surface area contributed by atoms with Gasteiger partial charge in [0.25, 0.3) is 11.8 Å². The fraction of sp³-hybridized carbons (Fsp3) is 0.300. The Labute approximate surface area is 142 Å². The first-order valence-corrected chi connectivity index (χ1v) is 8.41. The number of anilines is 1. The van der Waals surface area contributed by atoms with Crippen LogP contribution >= 0.6 is 0 Å². The van der Waals surface area contributed by atoms with Crippen molar-refractivity contribution in [2.75, 3.05) is 5.32 Å². The van der Waals surface area contributed by atoms with E-state index in [0.29, 0.717) is 22.9 Å². The zero-order valence-electron chi connectivity index (χ0n) is 13.8. The minimum atomic E-state index is -0.151. The lowest BCUT2D eigenvalue weighted by Gasteiger charge is -2.12. The second-order valence-corrected chi connectivity index (χ2v) is 6.36. The van der Waals surface area contributed by atoms with Gasteiger partial charge in [0, 0.05) is 22.9 Å². The Morgan fingerprint density at radius 1 is 0.917 bits per heavy atom. The van der Waals surface area contributed by atoms with Gasteiger partial charge in [0.1, 0.15) is 0 Å². The smallest absolute Gasteiger partial charge is 0.255 e. The molecule has 2 amide bonds. The van der Waals surface area contributed by atoms with Crippen molar-refractivity contribution in [1.29, 1.82) is 0 Å². The van der Waals surface area contributed by atoms with Crippen LogP contribution in [0.3, 0.4) is 0 Å². The fourth-order valence-electron chi connectivity index (χ4n) is 3.03. The van der Waals surface area contributed by atoms with Crippen LogP contribution in [0.4, 0.5) is 5.69 Å². The standard InChI is InChI=1S/C20H22N2O2/c1-14-5-4-6-16(13-14)20(24)22-18-11-9-15(10-12-18)19(23)21-17-7-2-3-8-17/h4-6,9-13,17H,2-3,7-8H2,1H3,(H,21,23)(H,22,24). The van der Waals surface area contributed by atoms with Gasteiger partial charge in [-0.25, -0.2) is 0 Å². The van der Waals surface area contributed by atoms with E-state index in [1.165, 1.54) is 12.8 Å². The Morgan fingerprint density at radius 2 is 1.62 bits per heavy atom. The molecule has 24 heavy (non-hydrogen) atoms. The number of rotatable bonds is 4. The molecule has 0 atom stereocenters. The molecular weight excluding hydrogens is 300 g/mol. The summed E-state index contributed by atoms with van der Waals surface area (Å²) in [5, 5.41) is 5.92. The largest absolute Gasteiger partial charge is 0.349 e. The molecule has 0 saturated heterocycles. The third kappa shape index (κ3) is 4.02. The molecule has 1 aliphatic carbocycles. The van der Waals surface area contributed by atoms with E-state index < -0.39 is 0 Å². The molecule has 0 unspecified atom stereocenters. The summed E-state index contributed by atoms with van der Waals surface area (Å²) in [7, 11) is 0. The van der Waals surface area contributed by atoms with Gasteiger partial charge in [-0.1, -0.05) is 30.5 Å². The summed E-state index contributed by atoms with van der Waals surface area (Å²) in [4.78, 5) is 24.4. The van der Waals surface area contributed by atoms with E-state index in [1.54, 1.807) is 30.3 Å². The molecule has 4 heteroatoms. The normalized spacial score (nSPS) is 14.4. The highest BCUT2D eigenvalue weighted by atomic mass is 16.2. The maximum absolute atomic E-state index is 12.2. The molecule has 0 bridgehead atoms. The van der Waals surface area contributed by atoms with E-state index >= 15 is 0 Å². The van der Waals surface area contributed by atoms with Crippen LogP contribution in [0.2, 0.25) is 0 Å². The Hall–Kier alpha value is -2.62. The average Bonchev–Trinajstić information content (AvgIpc) is 3.08. The molecule has 0 heterocycles. The fourth-order valence-corrected chi connectivity index (χ4v) is 3.03. The molecule has 2 N–H and O–H groups in total. The topological polar surface area (TPSA) is 58.2 Å². The number of nitrogens with one attached hydrogen (secondary N) is 2.